The third-order valence-corrected chi connectivity index (χ3v) is 4.59. The van der Waals surface area contributed by atoms with Gasteiger partial charge in [0.15, 0.2) is 10.9 Å². The van der Waals surface area contributed by atoms with Gasteiger partial charge >= 0.3 is 0 Å². The van der Waals surface area contributed by atoms with E-state index in [1.165, 1.54) is 24.5 Å². The summed E-state index contributed by atoms with van der Waals surface area (Å²) in [5, 5.41) is 9.83. The zero-order chi connectivity index (χ0) is 18.7. The fourth-order valence-corrected chi connectivity index (χ4v) is 3.09. The van der Waals surface area contributed by atoms with Gasteiger partial charge in [-0.2, -0.15) is 5.10 Å². The molecule has 26 heavy (non-hydrogen) atoms. The van der Waals surface area contributed by atoms with Crippen molar-refractivity contribution in [3.05, 3.63) is 56.8 Å². The maximum atomic E-state index is 12.2. The van der Waals surface area contributed by atoms with E-state index in [0.29, 0.717) is 21.6 Å². The molecule has 0 unspecified atom stereocenters. The molecule has 0 aliphatic carbocycles. The fraction of sp³-hybridized carbons (Fsp3) is 0.176. The molecule has 0 saturated carbocycles. The Morgan fingerprint density at radius 2 is 2.08 bits per heavy atom. The number of aromatic nitrogens is 3. The number of rotatable bonds is 5. The van der Waals surface area contributed by atoms with Gasteiger partial charge in [-0.25, -0.2) is 9.67 Å². The van der Waals surface area contributed by atoms with E-state index in [4.69, 9.17) is 16.3 Å². The number of methoxy groups -OCH3 is 1. The third kappa shape index (κ3) is 4.09. The number of nitrogens with one attached hydrogen (secondary N) is 1. The summed E-state index contributed by atoms with van der Waals surface area (Å²) in [6.45, 7) is 1.60. The van der Waals surface area contributed by atoms with Crippen molar-refractivity contribution >= 4 is 34.0 Å². The molecule has 0 radical (unpaired) electrons. The number of anilines is 1. The van der Waals surface area contributed by atoms with E-state index < -0.39 is 5.56 Å². The van der Waals surface area contributed by atoms with E-state index >= 15 is 0 Å². The van der Waals surface area contributed by atoms with Gasteiger partial charge in [0, 0.05) is 22.0 Å². The number of halogens is 1. The predicted molar refractivity (Wildman–Crippen MR) is 101 cm³/mol. The highest BCUT2D eigenvalue weighted by atomic mass is 35.5. The topological polar surface area (TPSA) is 86.1 Å². The molecule has 3 rings (SSSR count). The van der Waals surface area contributed by atoms with Crippen LogP contribution in [0.4, 0.5) is 5.13 Å². The number of carbonyl (C=O) groups excluding carboxylic acids is 1. The lowest BCUT2D eigenvalue weighted by atomic mass is 10.1. The minimum Gasteiger partial charge on any atom is -0.494 e. The highest BCUT2D eigenvalue weighted by Gasteiger charge is 2.14. The fourth-order valence-electron chi connectivity index (χ4n) is 2.26. The van der Waals surface area contributed by atoms with Crippen molar-refractivity contribution in [3.8, 4) is 17.0 Å². The first kappa shape index (κ1) is 18.1. The SMILES string of the molecule is COc1cc(=O)n(CC(=O)Nc2nc(C)cs2)nc1-c1ccc(Cl)cc1. The molecule has 0 atom stereocenters. The molecule has 2 heterocycles. The van der Waals surface area contributed by atoms with Crippen LogP contribution in [0.3, 0.4) is 0 Å². The van der Waals surface area contributed by atoms with Gasteiger partial charge in [0.05, 0.1) is 12.8 Å². The number of hydrogen-bond acceptors (Lipinski definition) is 6. The Bertz CT molecular complexity index is 998. The Kier molecular flexibility index (Phi) is 5.34. The normalized spacial score (nSPS) is 10.6. The largest absolute Gasteiger partial charge is 0.494 e. The van der Waals surface area contributed by atoms with Gasteiger partial charge in [0.25, 0.3) is 5.56 Å². The number of thiazole rings is 1. The van der Waals surface area contributed by atoms with Crippen molar-refractivity contribution in [3.63, 3.8) is 0 Å². The number of aryl methyl sites for hydroxylation is 1. The molecule has 9 heteroatoms. The van der Waals surface area contributed by atoms with Crippen molar-refractivity contribution in [2.24, 2.45) is 0 Å². The summed E-state index contributed by atoms with van der Waals surface area (Å²) in [5.41, 5.74) is 1.54. The lowest BCUT2D eigenvalue weighted by Gasteiger charge is -2.11. The predicted octanol–water partition coefficient (Wildman–Crippen LogP) is 2.98. The summed E-state index contributed by atoms with van der Waals surface area (Å²) < 4.78 is 6.34. The number of nitrogens with zero attached hydrogens (tertiary/aromatic N) is 3. The lowest BCUT2D eigenvalue weighted by Crippen LogP contribution is -2.29. The molecule has 1 aromatic carbocycles. The summed E-state index contributed by atoms with van der Waals surface area (Å²) in [7, 11) is 1.46. The van der Waals surface area contributed by atoms with Crippen LogP contribution in [-0.4, -0.2) is 27.8 Å². The molecule has 1 amide bonds. The second-order valence-electron chi connectivity index (χ2n) is 5.41. The van der Waals surface area contributed by atoms with Crippen molar-refractivity contribution in [2.75, 3.05) is 12.4 Å². The molecular formula is C17H15ClN4O3S. The third-order valence-electron chi connectivity index (χ3n) is 3.46. The molecule has 0 bridgehead atoms. The molecule has 3 aromatic rings. The summed E-state index contributed by atoms with van der Waals surface area (Å²) in [6.07, 6.45) is 0. The monoisotopic (exact) mass is 390 g/mol. The van der Waals surface area contributed by atoms with Gasteiger partial charge in [-0.1, -0.05) is 23.7 Å². The number of benzene rings is 1. The second kappa shape index (κ2) is 7.67. The zero-order valence-corrected chi connectivity index (χ0v) is 15.6. The van der Waals surface area contributed by atoms with E-state index in [0.717, 1.165) is 15.9 Å². The van der Waals surface area contributed by atoms with Crippen LogP contribution in [0.5, 0.6) is 5.75 Å². The van der Waals surface area contributed by atoms with Crippen molar-refractivity contribution in [1.82, 2.24) is 14.8 Å². The Balaban J connectivity index is 1.89. The van der Waals surface area contributed by atoms with Crippen LogP contribution in [0.2, 0.25) is 5.02 Å². The molecule has 1 N–H and O–H groups in total. The van der Waals surface area contributed by atoms with Gasteiger partial charge in [0.2, 0.25) is 5.91 Å². The standard InChI is InChI=1S/C17H15ClN4O3S/c1-10-9-26-17(19-10)20-14(23)8-22-15(24)7-13(25-2)16(21-22)11-3-5-12(18)6-4-11/h3-7,9H,8H2,1-2H3,(H,19,20,23). The molecule has 2 aromatic heterocycles. The number of hydrogen-bond donors (Lipinski definition) is 1. The van der Waals surface area contributed by atoms with E-state index in [2.05, 4.69) is 15.4 Å². The summed E-state index contributed by atoms with van der Waals surface area (Å²) in [6, 6.07) is 8.26. The minimum absolute atomic E-state index is 0.234. The molecular weight excluding hydrogens is 376 g/mol. The smallest absolute Gasteiger partial charge is 0.270 e. The Morgan fingerprint density at radius 1 is 1.35 bits per heavy atom. The van der Waals surface area contributed by atoms with Gasteiger partial charge in [-0.15, -0.1) is 11.3 Å². The summed E-state index contributed by atoms with van der Waals surface area (Å²) in [5.74, 6) is -0.0642. The van der Waals surface area contributed by atoms with Crippen molar-refractivity contribution in [2.45, 2.75) is 13.5 Å². The van der Waals surface area contributed by atoms with Crippen molar-refractivity contribution < 1.29 is 9.53 Å². The highest BCUT2D eigenvalue weighted by molar-refractivity contribution is 7.13. The molecule has 0 aliphatic rings. The molecule has 0 spiro atoms. The van der Waals surface area contributed by atoms with E-state index in [9.17, 15) is 9.59 Å². The van der Waals surface area contributed by atoms with Crippen LogP contribution in [0.15, 0.2) is 40.5 Å². The first-order valence-corrected chi connectivity index (χ1v) is 8.86. The number of amides is 1. The Labute approximate surface area is 158 Å². The Hall–Kier alpha value is -2.71. The van der Waals surface area contributed by atoms with Crippen LogP contribution in [0.25, 0.3) is 11.3 Å². The van der Waals surface area contributed by atoms with Gasteiger partial charge in [0.1, 0.15) is 12.2 Å². The molecule has 0 saturated heterocycles. The molecule has 0 fully saturated rings. The van der Waals surface area contributed by atoms with Crippen molar-refractivity contribution in [1.29, 1.82) is 0 Å². The molecule has 0 aliphatic heterocycles. The second-order valence-corrected chi connectivity index (χ2v) is 6.70. The van der Waals surface area contributed by atoms with Crippen LogP contribution >= 0.6 is 22.9 Å². The van der Waals surface area contributed by atoms with E-state index in [-0.39, 0.29) is 12.5 Å². The zero-order valence-electron chi connectivity index (χ0n) is 14.0. The number of ether oxygens (including phenoxy) is 1. The maximum Gasteiger partial charge on any atom is 0.270 e. The van der Waals surface area contributed by atoms with Crippen LogP contribution < -0.4 is 15.6 Å². The van der Waals surface area contributed by atoms with E-state index in [1.54, 1.807) is 24.3 Å². The summed E-state index contributed by atoms with van der Waals surface area (Å²) in [4.78, 5) is 28.6. The first-order valence-electron chi connectivity index (χ1n) is 7.60. The van der Waals surface area contributed by atoms with Gasteiger partial charge in [-0.05, 0) is 19.1 Å². The molecule has 7 nitrogen and oxygen atoms in total. The van der Waals surface area contributed by atoms with Crippen LogP contribution in [0, 0.1) is 6.92 Å². The van der Waals surface area contributed by atoms with Crippen LogP contribution in [-0.2, 0) is 11.3 Å². The van der Waals surface area contributed by atoms with Crippen LogP contribution in [0.1, 0.15) is 5.69 Å². The average molecular weight is 391 g/mol. The first-order chi connectivity index (χ1) is 12.5. The quantitative estimate of drug-likeness (QED) is 0.723. The van der Waals surface area contributed by atoms with E-state index in [1.807, 2.05) is 12.3 Å². The Morgan fingerprint density at radius 3 is 2.69 bits per heavy atom. The highest BCUT2D eigenvalue weighted by Crippen LogP contribution is 2.27. The number of carbonyl (C=O) groups is 1. The molecule has 134 valence electrons. The summed E-state index contributed by atoms with van der Waals surface area (Å²) >= 11 is 7.23. The maximum absolute atomic E-state index is 12.2. The van der Waals surface area contributed by atoms with Gasteiger partial charge in [-0.3, -0.25) is 9.59 Å². The average Bonchev–Trinajstić information content (AvgIpc) is 3.01. The lowest BCUT2D eigenvalue weighted by molar-refractivity contribution is -0.117. The van der Waals surface area contributed by atoms with Gasteiger partial charge < -0.3 is 10.1 Å². The minimum atomic E-state index is -0.440.